The number of halogens is 1. The maximum absolute atomic E-state index is 10.9. The van der Waals surface area contributed by atoms with Gasteiger partial charge < -0.3 is 4.90 Å². The number of hydrogen-bond acceptors (Lipinski definition) is 3. The lowest BCUT2D eigenvalue weighted by molar-refractivity contribution is -0.385. The maximum atomic E-state index is 10.9. The molecule has 1 aromatic rings. The monoisotopic (exact) mass is 386 g/mol. The summed E-state index contributed by atoms with van der Waals surface area (Å²) in [6.07, 6.45) is 7.96. The highest BCUT2D eigenvalue weighted by molar-refractivity contribution is 14.1. The zero-order valence-electron chi connectivity index (χ0n) is 11.4. The van der Waals surface area contributed by atoms with E-state index in [-0.39, 0.29) is 10.6 Å². The van der Waals surface area contributed by atoms with E-state index < -0.39 is 0 Å². The van der Waals surface area contributed by atoms with Gasteiger partial charge in [-0.25, -0.2) is 0 Å². The fourth-order valence-corrected chi connectivity index (χ4v) is 4.46. The molecule has 1 atom stereocenters. The first-order valence-corrected chi connectivity index (χ1v) is 8.45. The van der Waals surface area contributed by atoms with Gasteiger partial charge in [-0.15, -0.1) is 0 Å². The molecule has 1 unspecified atom stereocenters. The predicted molar refractivity (Wildman–Crippen MR) is 88.1 cm³/mol. The molecule has 0 N–H and O–H groups in total. The first-order chi connectivity index (χ1) is 9.66. The fourth-order valence-electron chi connectivity index (χ4n) is 3.77. The highest BCUT2D eigenvalue weighted by Gasteiger charge is 2.33. The van der Waals surface area contributed by atoms with E-state index in [1.54, 1.807) is 6.07 Å². The molecule has 4 nitrogen and oxygen atoms in total. The Balaban J connectivity index is 1.84. The van der Waals surface area contributed by atoms with Crippen LogP contribution in [0.15, 0.2) is 18.2 Å². The van der Waals surface area contributed by atoms with Crippen LogP contribution in [0.1, 0.15) is 38.5 Å². The molecule has 0 radical (unpaired) electrons. The summed E-state index contributed by atoms with van der Waals surface area (Å²) < 4.78 is 0.738. The van der Waals surface area contributed by atoms with Crippen molar-refractivity contribution in [2.75, 3.05) is 11.4 Å². The minimum atomic E-state index is -0.302. The van der Waals surface area contributed by atoms with Crippen LogP contribution < -0.4 is 4.90 Å². The molecule has 3 rings (SSSR count). The molecule has 1 heterocycles. The number of rotatable bonds is 3. The lowest BCUT2D eigenvalue weighted by Gasteiger charge is -2.31. The third-order valence-corrected chi connectivity index (χ3v) is 5.57. The second kappa shape index (κ2) is 5.87. The molecule has 1 aliphatic carbocycles. The summed E-state index contributed by atoms with van der Waals surface area (Å²) in [7, 11) is 0. The molecule has 0 aromatic heterocycles. The third kappa shape index (κ3) is 2.64. The minimum Gasteiger partial charge on any atom is -0.368 e. The topological polar surface area (TPSA) is 46.4 Å². The number of nitro benzene ring substituents is 1. The van der Waals surface area contributed by atoms with Crippen LogP contribution in [-0.4, -0.2) is 17.5 Å². The summed E-state index contributed by atoms with van der Waals surface area (Å²) in [5.74, 6) is 0.824. The highest BCUT2D eigenvalue weighted by atomic mass is 127. The van der Waals surface area contributed by atoms with Crippen molar-refractivity contribution in [2.45, 2.75) is 44.6 Å². The van der Waals surface area contributed by atoms with Crippen molar-refractivity contribution in [3.05, 3.63) is 31.9 Å². The number of nitro groups is 1. The van der Waals surface area contributed by atoms with Crippen molar-refractivity contribution in [1.82, 2.24) is 0 Å². The van der Waals surface area contributed by atoms with Crippen LogP contribution >= 0.6 is 22.6 Å². The summed E-state index contributed by atoms with van der Waals surface area (Å²) in [6.45, 7) is 1.09. The Morgan fingerprint density at radius 2 is 1.95 bits per heavy atom. The summed E-state index contributed by atoms with van der Waals surface area (Å²) in [6, 6.07) is 6.20. The molecule has 1 saturated heterocycles. The van der Waals surface area contributed by atoms with Crippen molar-refractivity contribution in [3.8, 4) is 0 Å². The molecule has 1 aromatic carbocycles. The zero-order chi connectivity index (χ0) is 14.1. The van der Waals surface area contributed by atoms with Gasteiger partial charge in [-0.2, -0.15) is 0 Å². The summed E-state index contributed by atoms with van der Waals surface area (Å²) in [4.78, 5) is 13.1. The average molecular weight is 386 g/mol. The van der Waals surface area contributed by atoms with Gasteiger partial charge >= 0.3 is 0 Å². The van der Waals surface area contributed by atoms with Gasteiger partial charge in [-0.1, -0.05) is 12.8 Å². The largest absolute Gasteiger partial charge is 0.368 e. The van der Waals surface area contributed by atoms with Crippen molar-refractivity contribution < 1.29 is 4.92 Å². The molecule has 5 heteroatoms. The van der Waals surface area contributed by atoms with Gasteiger partial charge in [-0.3, -0.25) is 10.1 Å². The number of benzene rings is 1. The van der Waals surface area contributed by atoms with Crippen LogP contribution in [0.4, 0.5) is 11.4 Å². The molecular formula is C15H19IN2O2. The summed E-state index contributed by atoms with van der Waals surface area (Å²) in [5, 5.41) is 10.9. The third-order valence-electron chi connectivity index (χ3n) is 4.70. The van der Waals surface area contributed by atoms with E-state index in [9.17, 15) is 10.1 Å². The fraction of sp³-hybridized carbons (Fsp3) is 0.600. The molecule has 1 aliphatic heterocycles. The van der Waals surface area contributed by atoms with Gasteiger partial charge in [0.2, 0.25) is 0 Å². The van der Waals surface area contributed by atoms with Gasteiger partial charge in [0.25, 0.3) is 5.69 Å². The Labute approximate surface area is 132 Å². The van der Waals surface area contributed by atoms with E-state index in [2.05, 4.69) is 27.5 Å². The molecule has 0 amide bonds. The van der Waals surface area contributed by atoms with E-state index in [0.29, 0.717) is 6.04 Å². The molecule has 0 bridgehead atoms. The highest BCUT2D eigenvalue weighted by Crippen LogP contribution is 2.38. The number of anilines is 1. The SMILES string of the molecule is O=[N+]([O-])c1ccc(N2CCCC2C2CCCC2)cc1I. The number of hydrogen-bond donors (Lipinski definition) is 0. The molecule has 0 spiro atoms. The van der Waals surface area contributed by atoms with Crippen LogP contribution in [0.25, 0.3) is 0 Å². The second-order valence-electron chi connectivity index (χ2n) is 5.84. The number of nitrogens with zero attached hydrogens (tertiary/aromatic N) is 2. The van der Waals surface area contributed by atoms with E-state index >= 15 is 0 Å². The predicted octanol–water partition coefficient (Wildman–Crippen LogP) is 4.36. The summed E-state index contributed by atoms with van der Waals surface area (Å²) in [5.41, 5.74) is 1.38. The van der Waals surface area contributed by atoms with Crippen molar-refractivity contribution in [3.63, 3.8) is 0 Å². The standard InChI is InChI=1S/C15H19IN2O2/c16-13-10-12(7-8-15(13)18(19)20)17-9-3-6-14(17)11-4-1-2-5-11/h7-8,10-11,14H,1-6,9H2. The lowest BCUT2D eigenvalue weighted by atomic mass is 9.95. The second-order valence-corrected chi connectivity index (χ2v) is 7.00. The van der Waals surface area contributed by atoms with Crippen LogP contribution in [0, 0.1) is 19.6 Å². The van der Waals surface area contributed by atoms with Crippen LogP contribution in [0.2, 0.25) is 0 Å². The zero-order valence-corrected chi connectivity index (χ0v) is 13.6. The lowest BCUT2D eigenvalue weighted by Crippen LogP contribution is -2.34. The summed E-state index contributed by atoms with van der Waals surface area (Å²) >= 11 is 2.07. The van der Waals surface area contributed by atoms with E-state index in [0.717, 1.165) is 21.7 Å². The van der Waals surface area contributed by atoms with Crippen molar-refractivity contribution in [2.24, 2.45) is 5.92 Å². The molecule has 108 valence electrons. The van der Waals surface area contributed by atoms with Gasteiger partial charge in [0.05, 0.1) is 8.49 Å². The first-order valence-electron chi connectivity index (χ1n) is 7.37. The van der Waals surface area contributed by atoms with Gasteiger partial charge in [-0.05, 0) is 66.3 Å². The van der Waals surface area contributed by atoms with Crippen LogP contribution in [-0.2, 0) is 0 Å². The average Bonchev–Trinajstić information content (AvgIpc) is 3.09. The Morgan fingerprint density at radius 3 is 2.60 bits per heavy atom. The van der Waals surface area contributed by atoms with E-state index in [1.807, 2.05) is 12.1 Å². The normalized spacial score (nSPS) is 23.4. The molecule has 2 aliphatic rings. The van der Waals surface area contributed by atoms with Gasteiger partial charge in [0.15, 0.2) is 0 Å². The minimum absolute atomic E-state index is 0.214. The molecule has 1 saturated carbocycles. The first kappa shape index (κ1) is 14.1. The quantitative estimate of drug-likeness (QED) is 0.441. The Hall–Kier alpha value is -0.850. The Morgan fingerprint density at radius 1 is 1.20 bits per heavy atom. The van der Waals surface area contributed by atoms with Gasteiger partial charge in [0.1, 0.15) is 0 Å². The molecule has 20 heavy (non-hydrogen) atoms. The Bertz CT molecular complexity index is 515. The van der Waals surface area contributed by atoms with Crippen molar-refractivity contribution in [1.29, 1.82) is 0 Å². The van der Waals surface area contributed by atoms with E-state index in [4.69, 9.17) is 0 Å². The van der Waals surface area contributed by atoms with E-state index in [1.165, 1.54) is 38.5 Å². The van der Waals surface area contributed by atoms with Crippen LogP contribution in [0.3, 0.4) is 0 Å². The molecule has 2 fully saturated rings. The molecular weight excluding hydrogens is 367 g/mol. The Kier molecular flexibility index (Phi) is 4.14. The van der Waals surface area contributed by atoms with Gasteiger partial charge in [0, 0.05) is 24.3 Å². The van der Waals surface area contributed by atoms with Crippen molar-refractivity contribution >= 4 is 34.0 Å². The smallest absolute Gasteiger partial charge is 0.282 e. The van der Waals surface area contributed by atoms with Crippen LogP contribution in [0.5, 0.6) is 0 Å². The maximum Gasteiger partial charge on any atom is 0.282 e.